The van der Waals surface area contributed by atoms with Crippen LogP contribution >= 0.6 is 0 Å². The monoisotopic (exact) mass is 598 g/mol. The van der Waals surface area contributed by atoms with Crippen LogP contribution in [0.15, 0.2) is 0 Å². The average Bonchev–Trinajstić information content (AvgIpc) is 2.70. The van der Waals surface area contributed by atoms with Gasteiger partial charge in [0.25, 0.3) is 5.60 Å². The van der Waals surface area contributed by atoms with Crippen molar-refractivity contribution in [3.05, 3.63) is 0 Å². The Morgan fingerprint density at radius 2 is 1.03 bits per heavy atom. The van der Waals surface area contributed by atoms with E-state index < -0.39 is 105 Å². The second-order valence-corrected chi connectivity index (χ2v) is 8.45. The van der Waals surface area contributed by atoms with Gasteiger partial charge in [-0.2, -0.15) is 65.9 Å². The first kappa shape index (κ1) is 34.4. The van der Waals surface area contributed by atoms with E-state index in [0.29, 0.717) is 0 Å². The molecule has 0 aromatic rings. The molecule has 0 spiro atoms. The van der Waals surface area contributed by atoms with Gasteiger partial charge in [-0.05, 0) is 39.5 Å². The lowest BCUT2D eigenvalue weighted by Crippen LogP contribution is -2.67. The molecule has 1 rings (SSSR count). The lowest BCUT2D eigenvalue weighted by Gasteiger charge is -2.48. The minimum atomic E-state index is -6.65. The number of rotatable bonds is 8. The minimum absolute atomic E-state index is 0.0898. The molecule has 1 saturated carbocycles. The van der Waals surface area contributed by atoms with Crippen LogP contribution in [-0.2, 0) is 19.0 Å². The van der Waals surface area contributed by atoms with Crippen LogP contribution in [0.5, 0.6) is 0 Å². The summed E-state index contributed by atoms with van der Waals surface area (Å²) in [5, 5.41) is 0. The molecule has 1 unspecified atom stereocenters. The molecule has 226 valence electrons. The molecule has 0 aliphatic heterocycles. The van der Waals surface area contributed by atoms with Crippen molar-refractivity contribution in [2.45, 2.75) is 81.6 Å². The third kappa shape index (κ3) is 6.38. The van der Waals surface area contributed by atoms with Gasteiger partial charge >= 0.3 is 42.5 Å². The summed E-state index contributed by atoms with van der Waals surface area (Å²) in [6.07, 6.45) is -38.1. The normalized spacial score (nSPS) is 21.8. The van der Waals surface area contributed by atoms with E-state index in [2.05, 4.69) is 14.2 Å². The van der Waals surface area contributed by atoms with Crippen molar-refractivity contribution in [2.24, 2.45) is 17.8 Å². The van der Waals surface area contributed by atoms with Gasteiger partial charge in [0.05, 0.1) is 0 Å². The quantitative estimate of drug-likeness (QED) is 0.128. The van der Waals surface area contributed by atoms with E-state index in [9.17, 15) is 70.7 Å². The highest BCUT2D eigenvalue weighted by molar-refractivity contribution is 5.73. The van der Waals surface area contributed by atoms with E-state index >= 15 is 0 Å². The van der Waals surface area contributed by atoms with Gasteiger partial charge < -0.3 is 14.2 Å². The molecule has 0 radical (unpaired) electrons. The summed E-state index contributed by atoms with van der Waals surface area (Å²) >= 11 is 0. The molecule has 0 aromatic carbocycles. The molecule has 4 nitrogen and oxygen atoms in total. The predicted octanol–water partition coefficient (Wildman–Crippen LogP) is 7.27. The molecule has 1 atom stereocenters. The molecular weight excluding hydrogens is 577 g/mol. The number of esters is 1. The first-order chi connectivity index (χ1) is 16.8. The van der Waals surface area contributed by atoms with Crippen LogP contribution in [0, 0.1) is 17.8 Å². The van der Waals surface area contributed by atoms with E-state index in [1.165, 1.54) is 6.92 Å². The van der Waals surface area contributed by atoms with Crippen LogP contribution in [0.3, 0.4) is 0 Å². The molecule has 0 heterocycles. The summed E-state index contributed by atoms with van der Waals surface area (Å²) in [5.41, 5.74) is -10.7. The van der Waals surface area contributed by atoms with Crippen LogP contribution in [0.2, 0.25) is 0 Å². The van der Waals surface area contributed by atoms with Gasteiger partial charge in [0.2, 0.25) is 0 Å². The fraction of sp³-hybridized carbons (Fsp3) is 0.947. The first-order valence-electron chi connectivity index (χ1n) is 10.6. The predicted molar refractivity (Wildman–Crippen MR) is 94.0 cm³/mol. The van der Waals surface area contributed by atoms with Crippen molar-refractivity contribution in [2.75, 3.05) is 13.4 Å². The summed E-state index contributed by atoms with van der Waals surface area (Å²) in [7, 11) is 0. The highest BCUT2D eigenvalue weighted by atomic mass is 19.4. The van der Waals surface area contributed by atoms with Crippen LogP contribution in [0.4, 0.5) is 65.9 Å². The van der Waals surface area contributed by atoms with Gasteiger partial charge in [-0.25, -0.2) is 0 Å². The van der Waals surface area contributed by atoms with E-state index in [1.54, 1.807) is 0 Å². The minimum Gasteiger partial charge on any atom is -0.439 e. The number of carbonyl (C=O) groups excluding carboxylic acids is 1. The molecular formula is C19H21F15O4. The lowest BCUT2D eigenvalue weighted by molar-refractivity contribution is -0.415. The van der Waals surface area contributed by atoms with Gasteiger partial charge in [0, 0.05) is 18.4 Å². The van der Waals surface area contributed by atoms with Crippen molar-refractivity contribution in [1.29, 1.82) is 0 Å². The van der Waals surface area contributed by atoms with Gasteiger partial charge in [0.1, 0.15) is 12.7 Å². The van der Waals surface area contributed by atoms with Crippen molar-refractivity contribution in [1.82, 2.24) is 0 Å². The van der Waals surface area contributed by atoms with Crippen molar-refractivity contribution < 1.29 is 84.9 Å². The molecule has 0 saturated heterocycles. The van der Waals surface area contributed by atoms with E-state index in [-0.39, 0.29) is 6.92 Å². The Kier molecular flexibility index (Phi) is 10.0. The fourth-order valence-corrected chi connectivity index (χ4v) is 4.23. The number of alkyl halides is 15. The Labute approximate surface area is 204 Å². The number of ether oxygens (including phenoxy) is 3. The van der Waals surface area contributed by atoms with E-state index in [1.807, 2.05) is 0 Å². The van der Waals surface area contributed by atoms with Crippen molar-refractivity contribution in [3.63, 3.8) is 0 Å². The van der Waals surface area contributed by atoms with Gasteiger partial charge in [-0.15, -0.1) is 0 Å². The lowest BCUT2D eigenvalue weighted by atomic mass is 9.67. The molecule has 19 heteroatoms. The molecule has 1 aliphatic rings. The number of carbonyl (C=O) groups is 1. The Morgan fingerprint density at radius 1 is 0.684 bits per heavy atom. The Bertz CT molecular complexity index is 758. The maximum absolute atomic E-state index is 13.8. The Hall–Kier alpha value is -1.66. The van der Waals surface area contributed by atoms with E-state index in [0.717, 1.165) is 0 Å². The summed E-state index contributed by atoms with van der Waals surface area (Å²) in [6.45, 7) is -0.920. The molecule has 0 amide bonds. The summed E-state index contributed by atoms with van der Waals surface area (Å²) in [5.74, 6) is -12.3. The van der Waals surface area contributed by atoms with Crippen LogP contribution in [-0.4, -0.2) is 61.5 Å². The zero-order valence-electron chi connectivity index (χ0n) is 19.3. The smallest absolute Gasteiger partial charge is 0.437 e. The zero-order valence-corrected chi connectivity index (χ0v) is 19.3. The number of hydrogen-bond donors (Lipinski definition) is 0. The number of hydrogen-bond acceptors (Lipinski definition) is 4. The zero-order chi connectivity index (χ0) is 30.2. The first-order valence-corrected chi connectivity index (χ1v) is 10.6. The third-order valence-corrected chi connectivity index (χ3v) is 6.24. The second kappa shape index (κ2) is 11.1. The topological polar surface area (TPSA) is 44.8 Å². The summed E-state index contributed by atoms with van der Waals surface area (Å²) in [6, 6.07) is 0. The Morgan fingerprint density at radius 3 is 1.32 bits per heavy atom. The summed E-state index contributed by atoms with van der Waals surface area (Å²) < 4.78 is 215. The van der Waals surface area contributed by atoms with Crippen LogP contribution < -0.4 is 0 Å². The highest BCUT2D eigenvalue weighted by Crippen LogP contribution is 2.59. The standard InChI is InChI=1S/C19H21F15O4/c1-3-36-8-37-13(16(23,24)25,17(26,27)28)10-4-6-11(7-5-10)14(18(29,30)31,19(32,33)34)38-12(35)9(2)15(20,21)22/h9-11H,3-8H2,1-2H3. The van der Waals surface area contributed by atoms with Gasteiger partial charge in [-0.3, -0.25) is 4.79 Å². The second-order valence-electron chi connectivity index (χ2n) is 8.45. The van der Waals surface area contributed by atoms with Gasteiger partial charge in [-0.1, -0.05) is 0 Å². The van der Waals surface area contributed by atoms with Crippen LogP contribution in [0.1, 0.15) is 39.5 Å². The Balaban J connectivity index is 3.53. The van der Waals surface area contributed by atoms with E-state index in [4.69, 9.17) is 0 Å². The molecule has 0 aromatic heterocycles. The highest BCUT2D eigenvalue weighted by Gasteiger charge is 2.80. The molecule has 0 N–H and O–H groups in total. The summed E-state index contributed by atoms with van der Waals surface area (Å²) in [4.78, 5) is 11.7. The fourth-order valence-electron chi connectivity index (χ4n) is 4.23. The average molecular weight is 598 g/mol. The molecule has 0 bridgehead atoms. The molecule has 1 fully saturated rings. The largest absolute Gasteiger partial charge is 0.439 e. The number of halogens is 15. The molecule has 38 heavy (non-hydrogen) atoms. The van der Waals surface area contributed by atoms with Gasteiger partial charge in [0.15, 0.2) is 0 Å². The third-order valence-electron chi connectivity index (χ3n) is 6.24. The SMILES string of the molecule is CCOCOC(C1CCC(C(OC(=O)C(C)C(F)(F)F)(C(F)(F)F)C(F)(F)F)CC1)(C(F)(F)F)C(F)(F)F. The maximum atomic E-state index is 13.8. The van der Waals surface area contributed by atoms with Crippen molar-refractivity contribution in [3.8, 4) is 0 Å². The maximum Gasteiger partial charge on any atom is 0.437 e. The molecule has 1 aliphatic carbocycles. The van der Waals surface area contributed by atoms with Crippen molar-refractivity contribution >= 4 is 5.97 Å². The van der Waals surface area contributed by atoms with Crippen LogP contribution in [0.25, 0.3) is 0 Å².